The molecule has 20 heavy (non-hydrogen) atoms. The first-order valence-corrected chi connectivity index (χ1v) is 7.20. The third-order valence-electron chi connectivity index (χ3n) is 3.16. The molecule has 2 aromatic carbocycles. The fourth-order valence-electron chi connectivity index (χ4n) is 2.20. The van der Waals surface area contributed by atoms with E-state index in [1.807, 2.05) is 36.2 Å². The molecule has 2 rings (SSSR count). The Morgan fingerprint density at radius 1 is 1.25 bits per heavy atom. The highest BCUT2D eigenvalue weighted by Crippen LogP contribution is 2.29. The highest BCUT2D eigenvalue weighted by Gasteiger charge is 2.12. The molecule has 0 saturated heterocycles. The van der Waals surface area contributed by atoms with Crippen LogP contribution in [0.2, 0.25) is 0 Å². The van der Waals surface area contributed by atoms with Crippen molar-refractivity contribution in [3.63, 3.8) is 0 Å². The molecule has 0 bridgehead atoms. The summed E-state index contributed by atoms with van der Waals surface area (Å²) in [6.45, 7) is 2.32. The molecule has 0 fully saturated rings. The van der Waals surface area contributed by atoms with Crippen molar-refractivity contribution >= 4 is 21.6 Å². The van der Waals surface area contributed by atoms with Gasteiger partial charge in [-0.05, 0) is 42.8 Å². The van der Waals surface area contributed by atoms with Crippen molar-refractivity contribution in [1.82, 2.24) is 0 Å². The molecule has 0 aliphatic heterocycles. The first kappa shape index (κ1) is 15.0. The molecule has 1 N–H and O–H groups in total. The smallest absolute Gasteiger partial charge is 0.123 e. The number of aliphatic hydroxyl groups excluding tert-OH is 1. The van der Waals surface area contributed by atoms with E-state index >= 15 is 0 Å². The Hall–Kier alpha value is -1.39. The summed E-state index contributed by atoms with van der Waals surface area (Å²) in [5.74, 6) is -0.234. The molecule has 4 heteroatoms. The molecule has 0 radical (unpaired) electrons. The van der Waals surface area contributed by atoms with E-state index in [-0.39, 0.29) is 5.82 Å². The zero-order chi connectivity index (χ0) is 14.7. The van der Waals surface area contributed by atoms with E-state index in [2.05, 4.69) is 15.9 Å². The lowest BCUT2D eigenvalue weighted by Crippen LogP contribution is -2.18. The van der Waals surface area contributed by atoms with Crippen LogP contribution in [0.1, 0.15) is 24.2 Å². The average molecular weight is 338 g/mol. The number of halogens is 2. The van der Waals surface area contributed by atoms with Crippen LogP contribution in [0.25, 0.3) is 0 Å². The van der Waals surface area contributed by atoms with E-state index in [1.165, 1.54) is 12.1 Å². The summed E-state index contributed by atoms with van der Waals surface area (Å²) >= 11 is 3.41. The third kappa shape index (κ3) is 3.58. The van der Waals surface area contributed by atoms with E-state index in [9.17, 15) is 9.50 Å². The zero-order valence-electron chi connectivity index (χ0n) is 11.5. The van der Waals surface area contributed by atoms with Crippen LogP contribution in [0.3, 0.4) is 0 Å². The van der Waals surface area contributed by atoms with Crippen molar-refractivity contribution in [2.24, 2.45) is 0 Å². The Morgan fingerprint density at radius 3 is 2.65 bits per heavy atom. The second-order valence-electron chi connectivity index (χ2n) is 4.87. The standard InChI is InChI=1S/C16H17BrFNO/c1-11(20)15-9-13(17)6-7-16(15)19(2)10-12-4-3-5-14(18)8-12/h3-9,11,20H,10H2,1-2H3. The number of aliphatic hydroxyl groups is 1. The number of hydrogen-bond donors (Lipinski definition) is 1. The Bertz CT molecular complexity index is 601. The maximum Gasteiger partial charge on any atom is 0.123 e. The van der Waals surface area contributed by atoms with Gasteiger partial charge in [0.25, 0.3) is 0 Å². The fourth-order valence-corrected chi connectivity index (χ4v) is 2.58. The average Bonchev–Trinajstić information content (AvgIpc) is 2.38. The Morgan fingerprint density at radius 2 is 2.00 bits per heavy atom. The Kier molecular flexibility index (Phi) is 4.78. The van der Waals surface area contributed by atoms with Gasteiger partial charge in [0.15, 0.2) is 0 Å². The van der Waals surface area contributed by atoms with E-state index in [1.54, 1.807) is 13.0 Å². The van der Waals surface area contributed by atoms with Crippen LogP contribution in [0.4, 0.5) is 10.1 Å². The SMILES string of the molecule is CC(O)c1cc(Br)ccc1N(C)Cc1cccc(F)c1. The van der Waals surface area contributed by atoms with Gasteiger partial charge < -0.3 is 10.0 Å². The summed E-state index contributed by atoms with van der Waals surface area (Å²) in [5.41, 5.74) is 2.68. The normalized spacial score (nSPS) is 12.2. The largest absolute Gasteiger partial charge is 0.389 e. The maximum atomic E-state index is 13.2. The Balaban J connectivity index is 2.27. The van der Waals surface area contributed by atoms with E-state index in [0.717, 1.165) is 21.3 Å². The van der Waals surface area contributed by atoms with Gasteiger partial charge in [0.1, 0.15) is 5.82 Å². The molecule has 0 saturated carbocycles. The van der Waals surface area contributed by atoms with Crippen LogP contribution in [-0.2, 0) is 6.54 Å². The predicted molar refractivity (Wildman–Crippen MR) is 83.3 cm³/mol. The number of nitrogens with zero attached hydrogens (tertiary/aromatic N) is 1. The van der Waals surface area contributed by atoms with Crippen LogP contribution in [0.5, 0.6) is 0 Å². The highest BCUT2D eigenvalue weighted by atomic mass is 79.9. The highest BCUT2D eigenvalue weighted by molar-refractivity contribution is 9.10. The minimum absolute atomic E-state index is 0.234. The van der Waals surface area contributed by atoms with Crippen molar-refractivity contribution in [2.75, 3.05) is 11.9 Å². The lowest BCUT2D eigenvalue weighted by molar-refractivity contribution is 0.199. The van der Waals surface area contributed by atoms with Gasteiger partial charge in [0.05, 0.1) is 6.10 Å². The minimum Gasteiger partial charge on any atom is -0.389 e. The van der Waals surface area contributed by atoms with Crippen LogP contribution in [0.15, 0.2) is 46.9 Å². The molecule has 0 amide bonds. The molecule has 106 valence electrons. The quantitative estimate of drug-likeness (QED) is 0.900. The molecule has 1 unspecified atom stereocenters. The summed E-state index contributed by atoms with van der Waals surface area (Å²) < 4.78 is 14.1. The summed E-state index contributed by atoms with van der Waals surface area (Å²) in [6, 6.07) is 12.3. The van der Waals surface area contributed by atoms with Crippen LogP contribution < -0.4 is 4.90 Å². The Labute approximate surface area is 127 Å². The van der Waals surface area contributed by atoms with Crippen molar-refractivity contribution in [2.45, 2.75) is 19.6 Å². The van der Waals surface area contributed by atoms with E-state index < -0.39 is 6.10 Å². The second kappa shape index (κ2) is 6.37. The van der Waals surface area contributed by atoms with Crippen LogP contribution >= 0.6 is 15.9 Å². The van der Waals surface area contributed by atoms with Crippen molar-refractivity contribution in [3.05, 3.63) is 63.9 Å². The summed E-state index contributed by atoms with van der Waals surface area (Å²) in [6.07, 6.45) is -0.558. The summed E-state index contributed by atoms with van der Waals surface area (Å²) in [7, 11) is 1.93. The molecule has 1 atom stereocenters. The number of rotatable bonds is 4. The predicted octanol–water partition coefficient (Wildman–Crippen LogP) is 4.28. The molecular weight excluding hydrogens is 321 g/mol. The van der Waals surface area contributed by atoms with Gasteiger partial charge in [-0.25, -0.2) is 4.39 Å². The molecule has 2 aromatic rings. The van der Waals surface area contributed by atoms with E-state index in [4.69, 9.17) is 0 Å². The van der Waals surface area contributed by atoms with Crippen molar-refractivity contribution in [3.8, 4) is 0 Å². The van der Waals surface area contributed by atoms with E-state index in [0.29, 0.717) is 6.54 Å². The van der Waals surface area contributed by atoms with Gasteiger partial charge in [0, 0.05) is 29.3 Å². The number of hydrogen-bond acceptors (Lipinski definition) is 2. The number of anilines is 1. The molecule has 0 aromatic heterocycles. The molecule has 0 aliphatic rings. The lowest BCUT2D eigenvalue weighted by Gasteiger charge is -2.24. The summed E-state index contributed by atoms with van der Waals surface area (Å²) in [5, 5.41) is 9.88. The molecule has 0 spiro atoms. The van der Waals surface area contributed by atoms with Gasteiger partial charge in [-0.3, -0.25) is 0 Å². The van der Waals surface area contributed by atoms with Crippen LogP contribution in [0, 0.1) is 5.82 Å². The molecule has 2 nitrogen and oxygen atoms in total. The molecular formula is C16H17BrFNO. The second-order valence-corrected chi connectivity index (χ2v) is 5.78. The third-order valence-corrected chi connectivity index (χ3v) is 3.65. The van der Waals surface area contributed by atoms with Crippen molar-refractivity contribution < 1.29 is 9.50 Å². The van der Waals surface area contributed by atoms with Gasteiger partial charge in [-0.15, -0.1) is 0 Å². The van der Waals surface area contributed by atoms with Crippen molar-refractivity contribution in [1.29, 1.82) is 0 Å². The minimum atomic E-state index is -0.558. The first-order chi connectivity index (χ1) is 9.47. The fraction of sp³-hybridized carbons (Fsp3) is 0.250. The topological polar surface area (TPSA) is 23.5 Å². The van der Waals surface area contributed by atoms with Gasteiger partial charge in [-0.2, -0.15) is 0 Å². The van der Waals surface area contributed by atoms with Gasteiger partial charge in [0.2, 0.25) is 0 Å². The molecule has 0 aliphatic carbocycles. The summed E-state index contributed by atoms with van der Waals surface area (Å²) in [4.78, 5) is 2.00. The molecule has 0 heterocycles. The van der Waals surface area contributed by atoms with Crippen LogP contribution in [-0.4, -0.2) is 12.2 Å². The maximum absolute atomic E-state index is 13.2. The number of benzene rings is 2. The van der Waals surface area contributed by atoms with Gasteiger partial charge in [-0.1, -0.05) is 28.1 Å². The monoisotopic (exact) mass is 337 g/mol. The first-order valence-electron chi connectivity index (χ1n) is 6.40. The zero-order valence-corrected chi connectivity index (χ0v) is 13.1. The lowest BCUT2D eigenvalue weighted by atomic mass is 10.1. The van der Waals surface area contributed by atoms with Gasteiger partial charge >= 0.3 is 0 Å².